The first-order valence-corrected chi connectivity index (χ1v) is 9.31. The van der Waals surface area contributed by atoms with Crippen LogP contribution < -0.4 is 16.4 Å². The summed E-state index contributed by atoms with van der Waals surface area (Å²) in [5, 5.41) is 7.22. The van der Waals surface area contributed by atoms with Crippen LogP contribution in [0.2, 0.25) is 0 Å². The fourth-order valence-electron chi connectivity index (χ4n) is 2.59. The lowest BCUT2D eigenvalue weighted by Gasteiger charge is -2.17. The van der Waals surface area contributed by atoms with Crippen LogP contribution in [0.5, 0.6) is 0 Å². The Hall–Kier alpha value is -0.900. The smallest absolute Gasteiger partial charge is 0.0177 e. The highest BCUT2D eigenvalue weighted by Gasteiger charge is 2.04. The SMILES string of the molecule is C=C/C=C(\C=C/C(C)CNCCCNC(CCC)CCC)CN. The molecular formula is C20H39N3. The minimum absolute atomic E-state index is 0.510. The monoisotopic (exact) mass is 321 g/mol. The summed E-state index contributed by atoms with van der Waals surface area (Å²) in [4.78, 5) is 0. The van der Waals surface area contributed by atoms with Gasteiger partial charge >= 0.3 is 0 Å². The van der Waals surface area contributed by atoms with Gasteiger partial charge in [-0.25, -0.2) is 0 Å². The van der Waals surface area contributed by atoms with Gasteiger partial charge in [-0.15, -0.1) is 0 Å². The Morgan fingerprint density at radius 1 is 1.17 bits per heavy atom. The fourth-order valence-corrected chi connectivity index (χ4v) is 2.59. The minimum Gasteiger partial charge on any atom is -0.326 e. The zero-order valence-corrected chi connectivity index (χ0v) is 15.6. The predicted octanol–water partition coefficient (Wildman–Crippen LogP) is 3.79. The van der Waals surface area contributed by atoms with Gasteiger partial charge in [0.2, 0.25) is 0 Å². The van der Waals surface area contributed by atoms with E-state index >= 15 is 0 Å². The second-order valence-electron chi connectivity index (χ2n) is 6.30. The van der Waals surface area contributed by atoms with Crippen LogP contribution in [0.4, 0.5) is 0 Å². The van der Waals surface area contributed by atoms with E-state index in [9.17, 15) is 0 Å². The van der Waals surface area contributed by atoms with Crippen molar-refractivity contribution in [3.8, 4) is 0 Å². The molecule has 0 aliphatic carbocycles. The summed E-state index contributed by atoms with van der Waals surface area (Å²) in [5.41, 5.74) is 6.80. The van der Waals surface area contributed by atoms with E-state index in [1.807, 2.05) is 6.08 Å². The minimum atomic E-state index is 0.510. The third kappa shape index (κ3) is 13.3. The summed E-state index contributed by atoms with van der Waals surface area (Å²) < 4.78 is 0. The summed E-state index contributed by atoms with van der Waals surface area (Å²) >= 11 is 0. The first kappa shape index (κ1) is 22.1. The van der Waals surface area contributed by atoms with E-state index in [1.54, 1.807) is 6.08 Å². The van der Waals surface area contributed by atoms with Gasteiger partial charge < -0.3 is 16.4 Å². The molecule has 1 unspecified atom stereocenters. The van der Waals surface area contributed by atoms with E-state index in [4.69, 9.17) is 5.73 Å². The van der Waals surface area contributed by atoms with Gasteiger partial charge in [-0.1, -0.05) is 64.5 Å². The van der Waals surface area contributed by atoms with Crippen LogP contribution in [-0.2, 0) is 0 Å². The number of hydrogen-bond acceptors (Lipinski definition) is 3. The highest BCUT2D eigenvalue weighted by Crippen LogP contribution is 2.04. The van der Waals surface area contributed by atoms with Crippen molar-refractivity contribution < 1.29 is 0 Å². The molecule has 0 heterocycles. The van der Waals surface area contributed by atoms with Gasteiger partial charge in [-0.2, -0.15) is 0 Å². The van der Waals surface area contributed by atoms with Crippen molar-refractivity contribution in [2.45, 2.75) is 58.9 Å². The number of nitrogens with two attached hydrogens (primary N) is 1. The van der Waals surface area contributed by atoms with Crippen molar-refractivity contribution in [1.82, 2.24) is 10.6 Å². The molecule has 23 heavy (non-hydrogen) atoms. The molecule has 0 rings (SSSR count). The van der Waals surface area contributed by atoms with Gasteiger partial charge in [0.25, 0.3) is 0 Å². The Morgan fingerprint density at radius 3 is 2.43 bits per heavy atom. The molecule has 0 radical (unpaired) electrons. The van der Waals surface area contributed by atoms with Crippen LogP contribution in [0, 0.1) is 5.92 Å². The molecule has 0 aromatic rings. The van der Waals surface area contributed by atoms with E-state index in [1.165, 1.54) is 32.1 Å². The maximum Gasteiger partial charge on any atom is 0.0177 e. The standard InChI is InChI=1S/C20H39N3/c1-5-9-19(16-21)13-12-18(4)17-22-14-8-15-23-20(10-6-2)11-7-3/h5,9,12-13,18,20,22-23H,1,6-8,10-11,14-17,21H2,2-4H3/b13-12-,19-9+. The van der Waals surface area contributed by atoms with Gasteiger partial charge in [0.1, 0.15) is 0 Å². The molecule has 0 fully saturated rings. The van der Waals surface area contributed by atoms with Crippen LogP contribution in [0.15, 0.2) is 36.5 Å². The molecule has 0 amide bonds. The van der Waals surface area contributed by atoms with Gasteiger partial charge in [-0.3, -0.25) is 0 Å². The summed E-state index contributed by atoms with van der Waals surface area (Å²) in [6.45, 7) is 14.2. The number of hydrogen-bond donors (Lipinski definition) is 3. The summed E-state index contributed by atoms with van der Waals surface area (Å²) in [7, 11) is 0. The third-order valence-electron chi connectivity index (χ3n) is 3.91. The molecule has 0 aliphatic rings. The van der Waals surface area contributed by atoms with Crippen LogP contribution in [0.3, 0.4) is 0 Å². The lowest BCUT2D eigenvalue weighted by molar-refractivity contribution is 0.435. The molecule has 0 bridgehead atoms. The van der Waals surface area contributed by atoms with Gasteiger partial charge in [0, 0.05) is 19.1 Å². The number of nitrogens with one attached hydrogen (secondary N) is 2. The molecule has 1 atom stereocenters. The Morgan fingerprint density at radius 2 is 1.87 bits per heavy atom. The maximum atomic E-state index is 5.68. The van der Waals surface area contributed by atoms with Crippen molar-refractivity contribution in [3.05, 3.63) is 36.5 Å². The molecular weight excluding hydrogens is 282 g/mol. The quantitative estimate of drug-likeness (QED) is 0.318. The summed E-state index contributed by atoms with van der Waals surface area (Å²) in [6, 6.07) is 0.707. The maximum absolute atomic E-state index is 5.68. The van der Waals surface area contributed by atoms with Crippen LogP contribution in [-0.4, -0.2) is 32.2 Å². The van der Waals surface area contributed by atoms with Crippen molar-refractivity contribution >= 4 is 0 Å². The first-order chi connectivity index (χ1) is 11.2. The number of rotatable bonds is 15. The molecule has 3 heteroatoms. The Balaban J connectivity index is 3.76. The van der Waals surface area contributed by atoms with Crippen molar-refractivity contribution in [2.24, 2.45) is 11.7 Å². The molecule has 0 saturated carbocycles. The highest BCUT2D eigenvalue weighted by molar-refractivity contribution is 5.24. The number of allylic oxidation sites excluding steroid dienone is 2. The van der Waals surface area contributed by atoms with E-state index in [0.717, 1.165) is 25.2 Å². The highest BCUT2D eigenvalue weighted by atomic mass is 14.9. The second-order valence-corrected chi connectivity index (χ2v) is 6.30. The topological polar surface area (TPSA) is 50.1 Å². The average molecular weight is 322 g/mol. The van der Waals surface area contributed by atoms with Crippen LogP contribution in [0.1, 0.15) is 52.9 Å². The molecule has 0 aromatic heterocycles. The Bertz CT molecular complexity index is 328. The zero-order chi connectivity index (χ0) is 17.3. The molecule has 3 nitrogen and oxygen atoms in total. The zero-order valence-electron chi connectivity index (χ0n) is 15.6. The molecule has 0 spiro atoms. The van der Waals surface area contributed by atoms with Crippen molar-refractivity contribution in [3.63, 3.8) is 0 Å². The van der Waals surface area contributed by atoms with E-state index in [2.05, 4.69) is 50.1 Å². The second kappa shape index (κ2) is 16.0. The molecule has 4 N–H and O–H groups in total. The third-order valence-corrected chi connectivity index (χ3v) is 3.91. The van der Waals surface area contributed by atoms with E-state index < -0.39 is 0 Å². The molecule has 134 valence electrons. The van der Waals surface area contributed by atoms with Crippen molar-refractivity contribution in [1.29, 1.82) is 0 Å². The molecule has 0 aliphatic heterocycles. The van der Waals surface area contributed by atoms with Gasteiger partial charge in [-0.05, 0) is 43.8 Å². The van der Waals surface area contributed by atoms with Crippen LogP contribution in [0.25, 0.3) is 0 Å². The molecule has 0 aromatic carbocycles. The fraction of sp³-hybridized carbons (Fsp3) is 0.700. The van der Waals surface area contributed by atoms with Crippen LogP contribution >= 0.6 is 0 Å². The summed E-state index contributed by atoms with van der Waals surface area (Å²) in [5.74, 6) is 0.510. The van der Waals surface area contributed by atoms with Crippen molar-refractivity contribution in [2.75, 3.05) is 26.2 Å². The predicted molar refractivity (Wildman–Crippen MR) is 105 cm³/mol. The first-order valence-electron chi connectivity index (χ1n) is 9.31. The van der Waals surface area contributed by atoms with E-state index in [-0.39, 0.29) is 0 Å². The van der Waals surface area contributed by atoms with Gasteiger partial charge in [0.15, 0.2) is 0 Å². The van der Waals surface area contributed by atoms with Gasteiger partial charge in [0.05, 0.1) is 0 Å². The normalized spacial score (nSPS) is 13.9. The molecule has 0 saturated heterocycles. The lowest BCUT2D eigenvalue weighted by atomic mass is 10.1. The summed E-state index contributed by atoms with van der Waals surface area (Å²) in [6.07, 6.45) is 14.4. The average Bonchev–Trinajstić information content (AvgIpc) is 2.54. The largest absolute Gasteiger partial charge is 0.326 e. The Kier molecular flexibility index (Phi) is 15.4. The Labute approximate surface area is 144 Å². The van der Waals surface area contributed by atoms with E-state index in [0.29, 0.717) is 18.5 Å². The lowest BCUT2D eigenvalue weighted by Crippen LogP contribution is -2.32.